The van der Waals surface area contributed by atoms with Crippen molar-refractivity contribution in [1.82, 2.24) is 10.3 Å². The van der Waals surface area contributed by atoms with Crippen molar-refractivity contribution >= 4 is 28.2 Å². The Morgan fingerprint density at radius 1 is 1.36 bits per heavy atom. The van der Waals surface area contributed by atoms with Gasteiger partial charge >= 0.3 is 6.03 Å². The number of urea groups is 1. The first kappa shape index (κ1) is 19.0. The van der Waals surface area contributed by atoms with Crippen LogP contribution in [0.3, 0.4) is 0 Å². The molecule has 2 amide bonds. The molecule has 0 aliphatic carbocycles. The number of rotatable bonds is 9. The summed E-state index contributed by atoms with van der Waals surface area (Å²) in [5.41, 5.74) is 7.11. The number of hydrogen-bond acceptors (Lipinski definition) is 6. The fraction of sp³-hybridized carbons (Fsp3) is 0.412. The van der Waals surface area contributed by atoms with Gasteiger partial charge in [0, 0.05) is 24.9 Å². The first-order valence-electron chi connectivity index (χ1n) is 8.18. The van der Waals surface area contributed by atoms with Crippen molar-refractivity contribution in [2.75, 3.05) is 24.7 Å². The molecule has 2 aromatic rings. The number of ether oxygens (including phenoxy) is 2. The number of anilines is 2. The number of benzene rings is 1. The van der Waals surface area contributed by atoms with Crippen LogP contribution in [0.1, 0.15) is 31.7 Å². The number of thiazole rings is 1. The van der Waals surface area contributed by atoms with Crippen molar-refractivity contribution in [1.29, 1.82) is 0 Å². The monoisotopic (exact) mass is 364 g/mol. The number of hydrogen-bond donors (Lipinski definition) is 3. The van der Waals surface area contributed by atoms with E-state index in [-0.39, 0.29) is 6.03 Å². The van der Waals surface area contributed by atoms with E-state index in [0.717, 1.165) is 24.8 Å². The maximum absolute atomic E-state index is 11.9. The molecule has 2 rings (SSSR count). The molecule has 1 heterocycles. The first-order valence-corrected chi connectivity index (χ1v) is 9.00. The van der Waals surface area contributed by atoms with Crippen LogP contribution in [0.15, 0.2) is 24.4 Å². The number of carbonyl (C=O) groups is 1. The van der Waals surface area contributed by atoms with E-state index < -0.39 is 0 Å². The number of nitrogens with zero attached hydrogens (tertiary/aromatic N) is 1. The van der Waals surface area contributed by atoms with Crippen molar-refractivity contribution in [2.24, 2.45) is 0 Å². The second-order valence-corrected chi connectivity index (χ2v) is 6.49. The second-order valence-electron chi connectivity index (χ2n) is 5.46. The van der Waals surface area contributed by atoms with Gasteiger partial charge in [0.15, 0.2) is 5.13 Å². The predicted octanol–water partition coefficient (Wildman–Crippen LogP) is 3.98. The molecule has 0 radical (unpaired) electrons. The summed E-state index contributed by atoms with van der Waals surface area (Å²) in [6.45, 7) is 3.15. The smallest absolute Gasteiger partial charge is 0.319 e. The van der Waals surface area contributed by atoms with Gasteiger partial charge in [-0.2, -0.15) is 0 Å². The number of nitrogens with one attached hydrogen (secondary N) is 2. The summed E-state index contributed by atoms with van der Waals surface area (Å²) in [5, 5.41) is 6.71. The number of nitrogen functional groups attached to an aromatic ring is 1. The van der Waals surface area contributed by atoms with Crippen LogP contribution in [-0.2, 0) is 11.3 Å². The Morgan fingerprint density at radius 3 is 2.88 bits per heavy atom. The van der Waals surface area contributed by atoms with Crippen LogP contribution >= 0.6 is 11.3 Å². The van der Waals surface area contributed by atoms with Gasteiger partial charge in [-0.15, -0.1) is 0 Å². The van der Waals surface area contributed by atoms with Gasteiger partial charge in [-0.25, -0.2) is 9.78 Å². The molecule has 0 saturated carbocycles. The highest BCUT2D eigenvalue weighted by atomic mass is 32.1. The van der Waals surface area contributed by atoms with Gasteiger partial charge in [-0.1, -0.05) is 31.1 Å². The Kier molecular flexibility index (Phi) is 7.49. The van der Waals surface area contributed by atoms with Crippen molar-refractivity contribution < 1.29 is 14.3 Å². The zero-order chi connectivity index (χ0) is 18.1. The highest BCUT2D eigenvalue weighted by Gasteiger charge is 2.10. The van der Waals surface area contributed by atoms with Gasteiger partial charge in [0.1, 0.15) is 5.75 Å². The SMILES string of the molecule is CCCCCNC(=O)Nc1ccc(Oc2cnc(N)s2)c(COC)c1. The van der Waals surface area contributed by atoms with Crippen LogP contribution in [-0.4, -0.2) is 24.7 Å². The van der Waals surface area contributed by atoms with E-state index in [9.17, 15) is 4.79 Å². The summed E-state index contributed by atoms with van der Waals surface area (Å²) in [5.74, 6) is 0.638. The standard InChI is InChI=1S/C17H24N4O3S/c1-3-4-5-8-19-17(22)21-13-6-7-14(12(9-13)11-23-2)24-15-10-20-16(18)25-15/h6-7,9-10H,3-5,8,11H2,1-2H3,(H2,18,20)(H2,19,21,22). The average molecular weight is 364 g/mol. The third kappa shape index (κ3) is 6.24. The van der Waals surface area contributed by atoms with Gasteiger partial charge in [0.25, 0.3) is 0 Å². The number of nitrogens with two attached hydrogens (primary N) is 1. The lowest BCUT2D eigenvalue weighted by molar-refractivity contribution is 0.182. The summed E-state index contributed by atoms with van der Waals surface area (Å²) in [6, 6.07) is 5.18. The lowest BCUT2D eigenvalue weighted by Crippen LogP contribution is -2.29. The third-order valence-electron chi connectivity index (χ3n) is 3.40. The average Bonchev–Trinajstić information content (AvgIpc) is 2.99. The molecule has 0 unspecified atom stereocenters. The van der Waals surface area contributed by atoms with E-state index in [0.29, 0.717) is 34.8 Å². The Bertz CT molecular complexity index is 690. The normalized spacial score (nSPS) is 10.5. The summed E-state index contributed by atoms with van der Waals surface area (Å²) in [6.07, 6.45) is 4.78. The van der Waals surface area contributed by atoms with Crippen molar-refractivity contribution in [2.45, 2.75) is 32.8 Å². The van der Waals surface area contributed by atoms with Gasteiger partial charge in [0.2, 0.25) is 5.06 Å². The lowest BCUT2D eigenvalue weighted by atomic mass is 10.2. The summed E-state index contributed by atoms with van der Waals surface area (Å²) < 4.78 is 11.0. The van der Waals surface area contributed by atoms with E-state index in [4.69, 9.17) is 15.2 Å². The summed E-state index contributed by atoms with van der Waals surface area (Å²) in [7, 11) is 1.61. The molecule has 0 fully saturated rings. The zero-order valence-electron chi connectivity index (χ0n) is 14.5. The molecule has 8 heteroatoms. The van der Waals surface area contributed by atoms with E-state index in [2.05, 4.69) is 22.5 Å². The Hall–Kier alpha value is -2.32. The fourth-order valence-electron chi connectivity index (χ4n) is 2.20. The quantitative estimate of drug-likeness (QED) is 0.585. The molecular weight excluding hydrogens is 340 g/mol. The van der Waals surface area contributed by atoms with Crippen LogP contribution in [0.5, 0.6) is 10.8 Å². The Morgan fingerprint density at radius 2 is 2.20 bits per heavy atom. The van der Waals surface area contributed by atoms with E-state index in [1.165, 1.54) is 11.3 Å². The van der Waals surface area contributed by atoms with E-state index >= 15 is 0 Å². The number of aromatic nitrogens is 1. The number of carbonyl (C=O) groups excluding carboxylic acids is 1. The molecular formula is C17H24N4O3S. The molecule has 0 saturated heterocycles. The minimum Gasteiger partial charge on any atom is -0.445 e. The van der Waals surface area contributed by atoms with Gasteiger partial charge in [-0.3, -0.25) is 0 Å². The summed E-state index contributed by atoms with van der Waals surface area (Å²) >= 11 is 1.26. The van der Waals surface area contributed by atoms with Crippen LogP contribution in [0.2, 0.25) is 0 Å². The largest absolute Gasteiger partial charge is 0.445 e. The Balaban J connectivity index is 2.00. The van der Waals surface area contributed by atoms with Gasteiger partial charge in [-0.05, 0) is 24.6 Å². The third-order valence-corrected chi connectivity index (χ3v) is 4.10. The van der Waals surface area contributed by atoms with Crippen LogP contribution in [0.4, 0.5) is 15.6 Å². The molecule has 0 spiro atoms. The maximum atomic E-state index is 11.9. The first-order chi connectivity index (χ1) is 12.1. The predicted molar refractivity (Wildman–Crippen MR) is 100 cm³/mol. The minimum atomic E-state index is -0.219. The zero-order valence-corrected chi connectivity index (χ0v) is 15.3. The van der Waals surface area contributed by atoms with Gasteiger partial charge in [0.05, 0.1) is 12.8 Å². The van der Waals surface area contributed by atoms with Crippen molar-refractivity contribution in [3.8, 4) is 10.8 Å². The minimum absolute atomic E-state index is 0.219. The van der Waals surface area contributed by atoms with Gasteiger partial charge < -0.3 is 25.8 Å². The molecule has 7 nitrogen and oxygen atoms in total. The van der Waals surface area contributed by atoms with Crippen molar-refractivity contribution in [3.63, 3.8) is 0 Å². The second kappa shape index (κ2) is 9.85. The lowest BCUT2D eigenvalue weighted by Gasteiger charge is -2.12. The molecule has 136 valence electrons. The van der Waals surface area contributed by atoms with Crippen LogP contribution < -0.4 is 21.1 Å². The van der Waals surface area contributed by atoms with E-state index in [1.54, 1.807) is 25.4 Å². The van der Waals surface area contributed by atoms with Crippen LogP contribution in [0, 0.1) is 0 Å². The molecule has 4 N–H and O–H groups in total. The molecule has 0 aliphatic heterocycles. The van der Waals surface area contributed by atoms with Crippen LogP contribution in [0.25, 0.3) is 0 Å². The number of methoxy groups -OCH3 is 1. The highest BCUT2D eigenvalue weighted by Crippen LogP contribution is 2.32. The molecule has 0 aliphatic rings. The topological polar surface area (TPSA) is 98.5 Å². The Labute approximate surface area is 151 Å². The molecule has 25 heavy (non-hydrogen) atoms. The van der Waals surface area contributed by atoms with E-state index in [1.807, 2.05) is 6.07 Å². The fourth-order valence-corrected chi connectivity index (χ4v) is 2.75. The highest BCUT2D eigenvalue weighted by molar-refractivity contribution is 7.17. The number of unbranched alkanes of at least 4 members (excludes halogenated alkanes) is 2. The molecule has 1 aromatic heterocycles. The molecule has 0 atom stereocenters. The maximum Gasteiger partial charge on any atom is 0.319 e. The molecule has 1 aromatic carbocycles. The number of amides is 2. The summed E-state index contributed by atoms with van der Waals surface area (Å²) in [4.78, 5) is 15.9. The van der Waals surface area contributed by atoms with Crippen molar-refractivity contribution in [3.05, 3.63) is 30.0 Å². The molecule has 0 bridgehead atoms.